The zero-order valence-electron chi connectivity index (χ0n) is 18.9. The van der Waals surface area contributed by atoms with E-state index in [1.54, 1.807) is 7.11 Å². The Balaban J connectivity index is 2.27. The zero-order chi connectivity index (χ0) is 20.5. The van der Waals surface area contributed by atoms with E-state index in [0.29, 0.717) is 6.10 Å². The fraction of sp³-hybridized carbons (Fsp3) is 0.760. The van der Waals surface area contributed by atoms with Crippen molar-refractivity contribution < 1.29 is 14.0 Å². The van der Waals surface area contributed by atoms with Crippen LogP contribution in [-0.2, 0) is 16.0 Å². The third-order valence-corrected chi connectivity index (χ3v) is 5.59. The summed E-state index contributed by atoms with van der Waals surface area (Å²) in [6.45, 7) is 7.46. The Morgan fingerprint density at radius 3 is 2.04 bits per heavy atom. The largest absolute Gasteiger partial charge is 0.379 e. The molecule has 1 rings (SSSR count). The summed E-state index contributed by atoms with van der Waals surface area (Å²) in [4.78, 5) is 0. The van der Waals surface area contributed by atoms with Gasteiger partial charge >= 0.3 is 0 Å². The van der Waals surface area contributed by atoms with Gasteiger partial charge in [0.05, 0.1) is 24.7 Å². The van der Waals surface area contributed by atoms with Crippen LogP contribution in [0.3, 0.4) is 0 Å². The average Bonchev–Trinajstić information content (AvgIpc) is 2.74. The van der Waals surface area contributed by atoms with Crippen LogP contribution in [0, 0.1) is 6.42 Å². The Labute approximate surface area is 174 Å². The Hall–Kier alpha value is -0.930. The van der Waals surface area contributed by atoms with Gasteiger partial charge in [0.2, 0.25) is 0 Å². The molecular weight excluding hydrogens is 346 g/mol. The van der Waals surface area contributed by atoms with Gasteiger partial charge in [-0.25, -0.2) is 4.57 Å². The fourth-order valence-corrected chi connectivity index (χ4v) is 3.55. The number of aromatic nitrogens is 1. The zero-order valence-corrected chi connectivity index (χ0v) is 18.9. The molecule has 0 saturated heterocycles. The van der Waals surface area contributed by atoms with E-state index < -0.39 is 0 Å². The lowest BCUT2D eigenvalue weighted by Gasteiger charge is -2.27. The summed E-state index contributed by atoms with van der Waals surface area (Å²) < 4.78 is 14.2. The van der Waals surface area contributed by atoms with Crippen LogP contribution in [0.2, 0.25) is 0 Å². The highest BCUT2D eigenvalue weighted by molar-refractivity contribution is 4.85. The van der Waals surface area contributed by atoms with Gasteiger partial charge in [0, 0.05) is 19.2 Å². The first-order valence-corrected chi connectivity index (χ1v) is 11.7. The molecule has 0 fully saturated rings. The van der Waals surface area contributed by atoms with Crippen LogP contribution in [0.5, 0.6) is 0 Å². The third-order valence-electron chi connectivity index (χ3n) is 5.59. The molecule has 1 aromatic heterocycles. The molecule has 1 heterocycles. The summed E-state index contributed by atoms with van der Waals surface area (Å²) in [5.74, 6) is 0. The molecule has 0 aliphatic rings. The highest BCUT2D eigenvalue weighted by Gasteiger charge is 2.23. The summed E-state index contributed by atoms with van der Waals surface area (Å²) in [7, 11) is 1.77. The molecule has 3 nitrogen and oxygen atoms in total. The lowest BCUT2D eigenvalue weighted by molar-refractivity contribution is -0.690. The molecule has 2 unspecified atom stereocenters. The van der Waals surface area contributed by atoms with Crippen molar-refractivity contribution in [3.63, 3.8) is 0 Å². The maximum Gasteiger partial charge on any atom is 0.168 e. The molecule has 0 aliphatic carbocycles. The van der Waals surface area contributed by atoms with Crippen LogP contribution in [0.25, 0.3) is 0 Å². The van der Waals surface area contributed by atoms with E-state index in [0.717, 1.165) is 19.4 Å². The summed E-state index contributed by atoms with van der Waals surface area (Å²) in [5, 5.41) is 0. The number of nitrogens with zero attached hydrogens (tertiary/aromatic N) is 1. The average molecular weight is 392 g/mol. The minimum absolute atomic E-state index is 0.0289. The van der Waals surface area contributed by atoms with Crippen molar-refractivity contribution >= 4 is 0 Å². The van der Waals surface area contributed by atoms with E-state index in [1.807, 2.05) is 6.07 Å². The predicted octanol–water partition coefficient (Wildman–Crippen LogP) is 6.30. The monoisotopic (exact) mass is 391 g/mol. The number of ether oxygens (including phenoxy) is 2. The molecule has 3 heteroatoms. The van der Waals surface area contributed by atoms with Crippen molar-refractivity contribution in [1.29, 1.82) is 0 Å². The Morgan fingerprint density at radius 2 is 1.46 bits per heavy atom. The molecule has 161 valence electrons. The summed E-state index contributed by atoms with van der Waals surface area (Å²) in [6, 6.07) is 6.16. The molecule has 0 bridgehead atoms. The smallest absolute Gasteiger partial charge is 0.168 e. The van der Waals surface area contributed by atoms with E-state index in [4.69, 9.17) is 9.47 Å². The standard InChI is InChI=1S/C25H45NO2/c1-5-7-8-9-10-11-12-13-15-18-24(6-2)28-25(23(3)27-4)19-22-26-20-16-14-17-21-26/h14,16-17,19-21,23-25H,5-13,15,18,22H2,1-4H3/q+1/t23-,24?,25?/m0/s1. The lowest BCUT2D eigenvalue weighted by atomic mass is 10.0. The van der Waals surface area contributed by atoms with Gasteiger partial charge < -0.3 is 9.47 Å². The van der Waals surface area contributed by atoms with Gasteiger partial charge in [-0.2, -0.15) is 0 Å². The van der Waals surface area contributed by atoms with Crippen molar-refractivity contribution in [3.05, 3.63) is 37.0 Å². The molecule has 1 aromatic rings. The quantitative estimate of drug-likeness (QED) is 0.216. The van der Waals surface area contributed by atoms with Gasteiger partial charge in [-0.05, 0) is 19.8 Å². The first-order chi connectivity index (χ1) is 13.7. The van der Waals surface area contributed by atoms with Crippen LogP contribution in [0.4, 0.5) is 0 Å². The number of rotatable bonds is 18. The maximum atomic E-state index is 6.45. The fourth-order valence-electron chi connectivity index (χ4n) is 3.55. The second-order valence-corrected chi connectivity index (χ2v) is 8.00. The SMILES string of the molecule is CCCCCCCCCCCC(CC)OC([CH]C[n+]1ccccc1)[C@H](C)OC. The van der Waals surface area contributed by atoms with E-state index in [-0.39, 0.29) is 12.2 Å². The van der Waals surface area contributed by atoms with Crippen molar-refractivity contribution in [2.45, 2.75) is 116 Å². The predicted molar refractivity (Wildman–Crippen MR) is 118 cm³/mol. The molecule has 1 radical (unpaired) electrons. The molecule has 28 heavy (non-hydrogen) atoms. The molecule has 0 amide bonds. The minimum Gasteiger partial charge on any atom is -0.379 e. The van der Waals surface area contributed by atoms with Crippen LogP contribution < -0.4 is 4.57 Å². The van der Waals surface area contributed by atoms with Crippen LogP contribution >= 0.6 is 0 Å². The Morgan fingerprint density at radius 1 is 0.857 bits per heavy atom. The van der Waals surface area contributed by atoms with Gasteiger partial charge in [-0.15, -0.1) is 0 Å². The van der Waals surface area contributed by atoms with Crippen LogP contribution in [-0.4, -0.2) is 25.4 Å². The molecule has 3 atom stereocenters. The lowest BCUT2D eigenvalue weighted by Crippen LogP contribution is -2.40. The number of methoxy groups -OCH3 is 1. The van der Waals surface area contributed by atoms with Gasteiger partial charge in [-0.1, -0.05) is 77.7 Å². The number of hydrogen-bond acceptors (Lipinski definition) is 2. The van der Waals surface area contributed by atoms with Crippen molar-refractivity contribution in [1.82, 2.24) is 0 Å². The van der Waals surface area contributed by atoms with E-state index in [1.165, 1.54) is 57.8 Å². The van der Waals surface area contributed by atoms with Crippen molar-refractivity contribution in [2.75, 3.05) is 7.11 Å². The van der Waals surface area contributed by atoms with E-state index in [9.17, 15) is 0 Å². The molecular formula is C25H45NO2+. The van der Waals surface area contributed by atoms with Gasteiger partial charge in [0.1, 0.15) is 0 Å². The summed E-state index contributed by atoms with van der Waals surface area (Å²) in [6.07, 6.45) is 21.4. The van der Waals surface area contributed by atoms with Crippen LogP contribution in [0.1, 0.15) is 91.4 Å². The van der Waals surface area contributed by atoms with Crippen LogP contribution in [0.15, 0.2) is 30.6 Å². The van der Waals surface area contributed by atoms with E-state index in [2.05, 4.69) is 56.3 Å². The molecule has 0 aromatic carbocycles. The summed E-state index contributed by atoms with van der Waals surface area (Å²) in [5.41, 5.74) is 0. The second kappa shape index (κ2) is 17.0. The molecule has 0 saturated carbocycles. The van der Waals surface area contributed by atoms with Gasteiger partial charge in [-0.3, -0.25) is 0 Å². The number of unbranched alkanes of at least 4 members (excludes halogenated alkanes) is 8. The first-order valence-electron chi connectivity index (χ1n) is 11.7. The highest BCUT2D eigenvalue weighted by atomic mass is 16.5. The summed E-state index contributed by atoms with van der Waals surface area (Å²) >= 11 is 0. The highest BCUT2D eigenvalue weighted by Crippen LogP contribution is 2.18. The molecule has 0 spiro atoms. The first kappa shape index (κ1) is 25.1. The van der Waals surface area contributed by atoms with Crippen molar-refractivity contribution in [2.24, 2.45) is 0 Å². The second-order valence-electron chi connectivity index (χ2n) is 8.00. The topological polar surface area (TPSA) is 22.3 Å². The molecule has 0 aliphatic heterocycles. The van der Waals surface area contributed by atoms with Crippen molar-refractivity contribution in [3.8, 4) is 0 Å². The normalized spacial score (nSPS) is 14.7. The minimum atomic E-state index is 0.0289. The third kappa shape index (κ3) is 11.8. The Kier molecular flexibility index (Phi) is 15.2. The number of pyridine rings is 1. The van der Waals surface area contributed by atoms with Gasteiger partial charge in [0.15, 0.2) is 18.9 Å². The molecule has 0 N–H and O–H groups in total. The maximum absolute atomic E-state index is 6.45. The Bertz CT molecular complexity index is 451. The van der Waals surface area contributed by atoms with Gasteiger partial charge in [0.25, 0.3) is 0 Å². The number of hydrogen-bond donors (Lipinski definition) is 0. The van der Waals surface area contributed by atoms with E-state index >= 15 is 0 Å².